The Hall–Kier alpha value is -3.26. The van der Waals surface area contributed by atoms with Crippen molar-refractivity contribution in [2.75, 3.05) is 64.2 Å². The number of allylic oxidation sites excluding steroid dienone is 1. The number of ether oxygens (including phenoxy) is 3. The van der Waals surface area contributed by atoms with E-state index in [-0.39, 0.29) is 49.2 Å². The summed E-state index contributed by atoms with van der Waals surface area (Å²) >= 11 is 1.58. The predicted octanol–water partition coefficient (Wildman–Crippen LogP) is 3.71. The Labute approximate surface area is 294 Å². The zero-order valence-electron chi connectivity index (χ0n) is 29.4. The lowest BCUT2D eigenvalue weighted by Gasteiger charge is -2.35. The largest absolute Gasteiger partial charge is 0.481 e. The van der Waals surface area contributed by atoms with E-state index in [4.69, 9.17) is 24.7 Å². The molecule has 1 aromatic carbocycles. The van der Waals surface area contributed by atoms with Crippen LogP contribution >= 0.6 is 11.8 Å². The molecule has 12 nitrogen and oxygen atoms in total. The second-order valence-corrected chi connectivity index (χ2v) is 14.6. The van der Waals surface area contributed by atoms with Gasteiger partial charge in [0.1, 0.15) is 6.04 Å². The van der Waals surface area contributed by atoms with Crippen LogP contribution in [0.3, 0.4) is 0 Å². The first-order chi connectivity index (χ1) is 23.4. The van der Waals surface area contributed by atoms with Crippen LogP contribution in [-0.4, -0.2) is 116 Å². The summed E-state index contributed by atoms with van der Waals surface area (Å²) in [5.41, 5.74) is 3.91. The van der Waals surface area contributed by atoms with Gasteiger partial charge in [0, 0.05) is 43.1 Å². The third kappa shape index (κ3) is 13.5. The Morgan fingerprint density at radius 3 is 2.27 bits per heavy atom. The molecule has 2 aliphatic heterocycles. The third-order valence-corrected chi connectivity index (χ3v) is 9.45. The molecule has 1 fully saturated rings. The van der Waals surface area contributed by atoms with Gasteiger partial charge in [-0.15, -0.1) is 0 Å². The minimum Gasteiger partial charge on any atom is -0.481 e. The number of carboxylic acids is 1. The van der Waals surface area contributed by atoms with Crippen molar-refractivity contribution in [3.63, 3.8) is 0 Å². The predicted molar refractivity (Wildman–Crippen MR) is 191 cm³/mol. The van der Waals surface area contributed by atoms with E-state index < -0.39 is 23.5 Å². The Morgan fingerprint density at radius 2 is 1.65 bits per heavy atom. The maximum Gasteiger partial charge on any atom is 0.305 e. The molecule has 0 saturated carbocycles. The lowest BCUT2D eigenvalue weighted by Crippen LogP contribution is -2.57. The van der Waals surface area contributed by atoms with E-state index >= 15 is 0 Å². The number of nitrogens with one attached hydrogen (secondary N) is 3. The van der Waals surface area contributed by atoms with Crippen molar-refractivity contribution >= 4 is 46.6 Å². The summed E-state index contributed by atoms with van der Waals surface area (Å²) in [5.74, 6) is -0.455. The number of hydrogen-bond acceptors (Lipinski definition) is 10. The fourth-order valence-electron chi connectivity index (χ4n) is 5.78. The Bertz CT molecular complexity index is 1310. The number of thioether (sulfide) groups is 1. The highest BCUT2D eigenvalue weighted by atomic mass is 32.2. The number of rotatable bonds is 22. The van der Waals surface area contributed by atoms with Crippen molar-refractivity contribution in [3.8, 4) is 0 Å². The fourth-order valence-corrected chi connectivity index (χ4v) is 6.55. The molecule has 2 aliphatic rings. The highest BCUT2D eigenvalue weighted by molar-refractivity contribution is 7.99. The molecule has 0 bridgehead atoms. The summed E-state index contributed by atoms with van der Waals surface area (Å²) in [6, 6.07) is 6.52. The molecule has 1 saturated heterocycles. The van der Waals surface area contributed by atoms with E-state index in [1.165, 1.54) is 11.3 Å². The Morgan fingerprint density at radius 1 is 1.00 bits per heavy atom. The summed E-state index contributed by atoms with van der Waals surface area (Å²) in [6.45, 7) is 11.3. The van der Waals surface area contributed by atoms with Crippen molar-refractivity contribution in [2.24, 2.45) is 5.41 Å². The molecule has 13 heteroatoms. The maximum absolute atomic E-state index is 13.8. The smallest absolute Gasteiger partial charge is 0.305 e. The van der Waals surface area contributed by atoms with Gasteiger partial charge in [-0.1, -0.05) is 45.0 Å². The molecule has 2 amide bonds. The molecule has 3 rings (SSSR count). The van der Waals surface area contributed by atoms with Crippen LogP contribution in [0.4, 0.5) is 0 Å². The molecule has 0 radical (unpaired) electrons. The van der Waals surface area contributed by atoms with Gasteiger partial charge in [0.2, 0.25) is 11.8 Å². The average Bonchev–Trinajstić information content (AvgIpc) is 3.72. The topological polar surface area (TPSA) is 167 Å². The highest BCUT2D eigenvalue weighted by Crippen LogP contribution is 2.28. The fraction of sp³-hybridized carbons (Fsp3) is 0.639. The lowest BCUT2D eigenvalue weighted by molar-refractivity contribution is -0.142. The lowest BCUT2D eigenvalue weighted by atomic mass is 9.85. The standard InChI is InChI=1S/C36H54N4O8S/c1-25-28(11-14-38-25)27-9-7-26(8-10-27)24-29(37)33(44)30-6-5-15-40(30)35(45)34(36(2,3)4)39-31(41)13-22-49-23-21-48-20-19-47-18-17-46-16-12-32(42)43/h7-10,30,34,37-38H,5-6,11-24H2,1-4H3,(H,39,41)(H,42,43). The number of aliphatic carboxylic acids is 1. The van der Waals surface area contributed by atoms with Crippen LogP contribution in [0.25, 0.3) is 5.57 Å². The monoisotopic (exact) mass is 702 g/mol. The number of carboxylic acid groups (broad SMARTS) is 1. The van der Waals surface area contributed by atoms with Crippen molar-refractivity contribution in [1.29, 1.82) is 5.41 Å². The van der Waals surface area contributed by atoms with Crippen molar-refractivity contribution in [3.05, 3.63) is 41.1 Å². The van der Waals surface area contributed by atoms with Crippen molar-refractivity contribution in [1.82, 2.24) is 15.5 Å². The Kier molecular flexibility index (Phi) is 16.7. The van der Waals surface area contributed by atoms with E-state index in [2.05, 4.69) is 17.6 Å². The number of benzene rings is 1. The number of carbonyl (C=O) groups excluding carboxylic acids is 3. The third-order valence-electron chi connectivity index (χ3n) is 8.51. The molecule has 0 spiro atoms. The molecule has 0 aromatic heterocycles. The van der Waals surface area contributed by atoms with Gasteiger partial charge in [-0.3, -0.25) is 19.2 Å². The Balaban J connectivity index is 1.39. The van der Waals surface area contributed by atoms with Crippen LogP contribution in [-0.2, 0) is 39.8 Å². The van der Waals surface area contributed by atoms with Crippen LogP contribution in [0.15, 0.2) is 30.0 Å². The van der Waals surface area contributed by atoms with E-state index in [0.29, 0.717) is 63.9 Å². The molecular formula is C36H54N4O8S. The molecule has 0 aliphatic carbocycles. The summed E-state index contributed by atoms with van der Waals surface area (Å²) in [7, 11) is 0. The van der Waals surface area contributed by atoms with Crippen molar-refractivity contribution < 1.29 is 38.5 Å². The van der Waals surface area contributed by atoms with Gasteiger partial charge in [-0.2, -0.15) is 11.8 Å². The first-order valence-corrected chi connectivity index (χ1v) is 18.3. The number of likely N-dealkylation sites (tertiary alicyclic amines) is 1. The van der Waals surface area contributed by atoms with Gasteiger partial charge in [-0.05, 0) is 48.3 Å². The first kappa shape index (κ1) is 40.2. The second kappa shape index (κ2) is 20.4. The number of ketones is 1. The van der Waals surface area contributed by atoms with Gasteiger partial charge in [0.15, 0.2) is 5.78 Å². The second-order valence-electron chi connectivity index (χ2n) is 13.4. The normalized spacial score (nSPS) is 16.8. The molecule has 4 N–H and O–H groups in total. The number of nitrogens with zero attached hydrogens (tertiary/aromatic N) is 1. The molecule has 272 valence electrons. The quantitative estimate of drug-likeness (QED) is 0.103. The minimum atomic E-state index is -0.893. The molecule has 49 heavy (non-hydrogen) atoms. The number of carbonyl (C=O) groups is 4. The molecular weight excluding hydrogens is 648 g/mol. The van der Waals surface area contributed by atoms with Crippen LogP contribution in [0.1, 0.15) is 70.9 Å². The summed E-state index contributed by atoms with van der Waals surface area (Å²) < 4.78 is 16.1. The van der Waals surface area contributed by atoms with Crippen LogP contribution in [0.2, 0.25) is 0 Å². The summed E-state index contributed by atoms with van der Waals surface area (Å²) in [5, 5.41) is 23.5. The maximum atomic E-state index is 13.8. The summed E-state index contributed by atoms with van der Waals surface area (Å²) in [4.78, 5) is 52.2. The number of Topliss-reactive ketones (excluding diaryl/α,β-unsaturated/α-hetero) is 1. The molecule has 2 atom stereocenters. The van der Waals surface area contributed by atoms with Gasteiger partial charge >= 0.3 is 5.97 Å². The van der Waals surface area contributed by atoms with E-state index in [1.807, 2.05) is 45.0 Å². The van der Waals surface area contributed by atoms with Crippen LogP contribution in [0.5, 0.6) is 0 Å². The van der Waals surface area contributed by atoms with Gasteiger partial charge < -0.3 is 40.3 Å². The van der Waals surface area contributed by atoms with E-state index in [0.717, 1.165) is 24.1 Å². The van der Waals surface area contributed by atoms with Gasteiger partial charge in [-0.25, -0.2) is 0 Å². The van der Waals surface area contributed by atoms with Crippen LogP contribution < -0.4 is 10.6 Å². The summed E-state index contributed by atoms with van der Waals surface area (Å²) in [6.07, 6.45) is 2.58. The van der Waals surface area contributed by atoms with E-state index in [9.17, 15) is 19.2 Å². The number of amides is 2. The molecule has 1 aromatic rings. The zero-order valence-corrected chi connectivity index (χ0v) is 30.3. The van der Waals surface area contributed by atoms with Crippen molar-refractivity contribution in [2.45, 2.75) is 78.3 Å². The highest BCUT2D eigenvalue weighted by Gasteiger charge is 2.42. The molecule has 2 heterocycles. The minimum absolute atomic E-state index is 0.0141. The average molecular weight is 703 g/mol. The van der Waals surface area contributed by atoms with Gasteiger partial charge in [0.05, 0.1) is 57.8 Å². The van der Waals surface area contributed by atoms with E-state index in [1.54, 1.807) is 16.7 Å². The molecule has 2 unspecified atom stereocenters. The SMILES string of the molecule is CC1=C(c2ccc(CC(=N)C(=O)C3CCCN3C(=O)C(NC(=O)CCSCCOCCOCCOCCC(=O)O)C(C)(C)C)cc2)CCN1. The van der Waals surface area contributed by atoms with Gasteiger partial charge in [0.25, 0.3) is 0 Å². The first-order valence-electron chi connectivity index (χ1n) is 17.2. The van der Waals surface area contributed by atoms with Crippen LogP contribution in [0, 0.1) is 10.8 Å². The zero-order chi connectivity index (χ0) is 35.8. The number of hydrogen-bond donors (Lipinski definition) is 4.